The van der Waals surface area contributed by atoms with Gasteiger partial charge >= 0.3 is 5.97 Å². The second-order valence-electron chi connectivity index (χ2n) is 4.79. The first-order valence-electron chi connectivity index (χ1n) is 6.44. The number of carboxylic acid groups (broad SMARTS) is 1. The van der Waals surface area contributed by atoms with Gasteiger partial charge in [-0.1, -0.05) is 0 Å². The van der Waals surface area contributed by atoms with E-state index in [4.69, 9.17) is 5.11 Å². The van der Waals surface area contributed by atoms with E-state index < -0.39 is 11.4 Å². The number of nitrogens with zero attached hydrogens (tertiary/aromatic N) is 3. The summed E-state index contributed by atoms with van der Waals surface area (Å²) >= 11 is 0. The van der Waals surface area contributed by atoms with Gasteiger partial charge in [0.05, 0.1) is 0 Å². The maximum absolute atomic E-state index is 11.8. The molecule has 1 aromatic rings. The van der Waals surface area contributed by atoms with Crippen LogP contribution >= 0.6 is 24.8 Å². The minimum absolute atomic E-state index is 0. The van der Waals surface area contributed by atoms with Crippen LogP contribution in [-0.2, 0) is 6.54 Å². The highest BCUT2D eigenvalue weighted by Gasteiger charge is 2.19. The molecule has 21 heavy (non-hydrogen) atoms. The first kappa shape index (κ1) is 19.8. The number of aromatic carboxylic acids is 1. The molecule has 0 amide bonds. The van der Waals surface area contributed by atoms with Crippen LogP contribution < -0.4 is 10.3 Å². The van der Waals surface area contributed by atoms with Gasteiger partial charge in [0, 0.05) is 45.0 Å². The maximum Gasteiger partial charge on any atom is 0.341 e. The van der Waals surface area contributed by atoms with Crippen LogP contribution in [0, 0.1) is 0 Å². The minimum Gasteiger partial charge on any atom is -0.477 e. The van der Waals surface area contributed by atoms with Gasteiger partial charge in [-0.2, -0.15) is 0 Å². The lowest BCUT2D eigenvalue weighted by molar-refractivity contribution is 0.0694. The normalized spacial score (nSPS) is 15.0. The zero-order valence-corrected chi connectivity index (χ0v) is 13.7. The summed E-state index contributed by atoms with van der Waals surface area (Å²) in [5.74, 6) is -0.359. The number of hydrogen-bond acceptors (Lipinski definition) is 4. The first-order chi connectivity index (χ1) is 9.02. The van der Waals surface area contributed by atoms with E-state index in [0.29, 0.717) is 6.54 Å². The zero-order valence-electron chi connectivity index (χ0n) is 12.1. The highest BCUT2D eigenvalue weighted by atomic mass is 35.5. The van der Waals surface area contributed by atoms with Crippen molar-refractivity contribution in [2.75, 3.05) is 38.1 Å². The van der Waals surface area contributed by atoms with E-state index in [2.05, 4.69) is 16.8 Å². The number of halogens is 2. The van der Waals surface area contributed by atoms with Gasteiger partial charge in [0.1, 0.15) is 11.4 Å². The van der Waals surface area contributed by atoms with Crippen molar-refractivity contribution in [2.24, 2.45) is 0 Å². The number of rotatable bonds is 3. The molecule has 0 bridgehead atoms. The first-order valence-corrected chi connectivity index (χ1v) is 6.44. The Kier molecular flexibility index (Phi) is 7.78. The summed E-state index contributed by atoms with van der Waals surface area (Å²) < 4.78 is 1.83. The lowest BCUT2D eigenvalue weighted by Crippen LogP contribution is -2.45. The van der Waals surface area contributed by atoms with Crippen molar-refractivity contribution in [3.8, 4) is 0 Å². The van der Waals surface area contributed by atoms with E-state index in [9.17, 15) is 9.59 Å². The van der Waals surface area contributed by atoms with Crippen LogP contribution in [0.3, 0.4) is 0 Å². The molecule has 0 unspecified atom stereocenters. The molecule has 8 heteroatoms. The molecule has 0 aliphatic carbocycles. The zero-order chi connectivity index (χ0) is 14.0. The van der Waals surface area contributed by atoms with Gasteiger partial charge in [0.15, 0.2) is 5.43 Å². The van der Waals surface area contributed by atoms with E-state index in [-0.39, 0.29) is 30.4 Å². The number of likely N-dealkylation sites (N-methyl/N-ethyl adjacent to an activating group) is 1. The summed E-state index contributed by atoms with van der Waals surface area (Å²) in [7, 11) is 2.07. The lowest BCUT2D eigenvalue weighted by atomic mass is 10.2. The molecule has 1 aromatic heterocycles. The van der Waals surface area contributed by atoms with E-state index in [1.54, 1.807) is 0 Å². The average Bonchev–Trinajstić information content (AvgIpc) is 2.39. The number of carboxylic acids is 1. The molecule has 1 aliphatic heterocycles. The van der Waals surface area contributed by atoms with Crippen LogP contribution in [0.2, 0.25) is 0 Å². The Bertz CT molecular complexity index is 540. The highest BCUT2D eigenvalue weighted by molar-refractivity contribution is 5.87. The van der Waals surface area contributed by atoms with Gasteiger partial charge in [-0.3, -0.25) is 4.79 Å². The molecule has 1 N–H and O–H groups in total. The Morgan fingerprint density at radius 3 is 2.29 bits per heavy atom. The fourth-order valence-electron chi connectivity index (χ4n) is 2.29. The van der Waals surface area contributed by atoms with Crippen molar-refractivity contribution in [1.82, 2.24) is 9.47 Å². The van der Waals surface area contributed by atoms with E-state index >= 15 is 0 Å². The van der Waals surface area contributed by atoms with Crippen molar-refractivity contribution in [3.63, 3.8) is 0 Å². The fraction of sp³-hybridized carbons (Fsp3) is 0.538. The third kappa shape index (κ3) is 4.36. The Hall–Kier alpha value is -1.24. The molecule has 0 radical (unpaired) electrons. The summed E-state index contributed by atoms with van der Waals surface area (Å²) in [4.78, 5) is 27.2. The van der Waals surface area contributed by atoms with Gasteiger partial charge in [-0.05, 0) is 14.0 Å². The van der Waals surface area contributed by atoms with Crippen molar-refractivity contribution < 1.29 is 9.90 Å². The largest absolute Gasteiger partial charge is 0.477 e. The van der Waals surface area contributed by atoms with Crippen molar-refractivity contribution in [3.05, 3.63) is 28.0 Å². The smallest absolute Gasteiger partial charge is 0.341 e. The number of aromatic nitrogens is 1. The molecule has 1 aliphatic rings. The van der Waals surface area contributed by atoms with Gasteiger partial charge in [-0.15, -0.1) is 24.8 Å². The van der Waals surface area contributed by atoms with Gasteiger partial charge in [0.25, 0.3) is 0 Å². The summed E-state index contributed by atoms with van der Waals surface area (Å²) in [6, 6.07) is 1.44. The van der Waals surface area contributed by atoms with Crippen LogP contribution in [0.25, 0.3) is 0 Å². The molecular weight excluding hydrogens is 317 g/mol. The molecule has 0 aromatic carbocycles. The maximum atomic E-state index is 11.8. The second-order valence-corrected chi connectivity index (χ2v) is 4.79. The molecule has 0 atom stereocenters. The van der Waals surface area contributed by atoms with Crippen LogP contribution in [0.15, 0.2) is 17.1 Å². The summed E-state index contributed by atoms with van der Waals surface area (Å²) in [6.07, 6.45) is 1.44. The van der Waals surface area contributed by atoms with Gasteiger partial charge in [0.2, 0.25) is 0 Å². The fourth-order valence-corrected chi connectivity index (χ4v) is 2.29. The molecule has 2 rings (SSSR count). The molecular formula is C13H21Cl2N3O3. The quantitative estimate of drug-likeness (QED) is 0.896. The molecule has 120 valence electrons. The number of hydrogen-bond donors (Lipinski definition) is 1. The topological polar surface area (TPSA) is 65.8 Å². The number of piperazine rings is 1. The molecule has 6 nitrogen and oxygen atoms in total. The predicted octanol–water partition coefficient (Wildman–Crippen LogP) is 1.16. The summed E-state index contributed by atoms with van der Waals surface area (Å²) in [6.45, 7) is 6.17. The third-order valence-corrected chi connectivity index (χ3v) is 3.50. The standard InChI is InChI=1S/C13H19N3O3.2ClH/c1-3-15-9-10(13(18)19)11(17)8-12(15)16-6-4-14(2)5-7-16;;/h8-9H,3-7H2,1-2H3,(H,18,19);2*1H. The molecule has 2 heterocycles. The number of anilines is 1. The second kappa shape index (κ2) is 8.26. The Morgan fingerprint density at radius 2 is 1.81 bits per heavy atom. The third-order valence-electron chi connectivity index (χ3n) is 3.50. The predicted molar refractivity (Wildman–Crippen MR) is 87.5 cm³/mol. The number of carbonyl (C=O) groups is 1. The Labute approximate surface area is 136 Å². The van der Waals surface area contributed by atoms with Crippen LogP contribution in [0.5, 0.6) is 0 Å². The molecule has 1 fully saturated rings. The number of pyridine rings is 1. The summed E-state index contributed by atoms with van der Waals surface area (Å²) in [5.41, 5.74) is -0.592. The molecule has 0 spiro atoms. The van der Waals surface area contributed by atoms with Crippen molar-refractivity contribution >= 4 is 36.6 Å². The minimum atomic E-state index is -1.17. The van der Waals surface area contributed by atoms with Crippen LogP contribution in [-0.4, -0.2) is 53.8 Å². The Morgan fingerprint density at radius 1 is 1.24 bits per heavy atom. The monoisotopic (exact) mass is 337 g/mol. The molecule has 1 saturated heterocycles. The van der Waals surface area contributed by atoms with E-state index in [0.717, 1.165) is 32.0 Å². The van der Waals surface area contributed by atoms with Crippen LogP contribution in [0.1, 0.15) is 17.3 Å². The van der Waals surface area contributed by atoms with Gasteiger partial charge < -0.3 is 19.5 Å². The van der Waals surface area contributed by atoms with Crippen LogP contribution in [0.4, 0.5) is 5.82 Å². The number of aryl methyl sites for hydroxylation is 1. The van der Waals surface area contributed by atoms with Crippen molar-refractivity contribution in [1.29, 1.82) is 0 Å². The van der Waals surface area contributed by atoms with Gasteiger partial charge in [-0.25, -0.2) is 4.79 Å². The SMILES string of the molecule is CCn1cc(C(=O)O)c(=O)cc1N1CCN(C)CC1.Cl.Cl. The van der Waals surface area contributed by atoms with Crippen molar-refractivity contribution in [2.45, 2.75) is 13.5 Å². The average molecular weight is 338 g/mol. The Balaban J connectivity index is 0.00000200. The summed E-state index contributed by atoms with van der Waals surface area (Å²) in [5, 5.41) is 8.99. The van der Waals surface area contributed by atoms with E-state index in [1.807, 2.05) is 11.5 Å². The van der Waals surface area contributed by atoms with E-state index in [1.165, 1.54) is 12.3 Å². The molecule has 0 saturated carbocycles. The highest BCUT2D eigenvalue weighted by Crippen LogP contribution is 2.15. The lowest BCUT2D eigenvalue weighted by Gasteiger charge is -2.35.